The van der Waals surface area contributed by atoms with Crippen molar-refractivity contribution in [1.82, 2.24) is 9.88 Å². The molecule has 2 unspecified atom stereocenters. The minimum absolute atomic E-state index is 0.0143. The van der Waals surface area contributed by atoms with Crippen LogP contribution < -0.4 is 0 Å². The van der Waals surface area contributed by atoms with Gasteiger partial charge in [-0.3, -0.25) is 4.79 Å². The van der Waals surface area contributed by atoms with Crippen molar-refractivity contribution in [1.29, 1.82) is 0 Å². The molecule has 1 aromatic carbocycles. The molecule has 0 aliphatic carbocycles. The average Bonchev–Trinajstić information content (AvgIpc) is 3.00. The molecule has 2 aromatic rings. The standard InChI is InChI=1S/C15H18N2O2/c1-10-6-7-17(14(10)9-18)15(19)13-8-11-4-2-3-5-12(11)16-13/h2-5,8,10,14,16,18H,6-7,9H2,1H3. The van der Waals surface area contributed by atoms with Gasteiger partial charge in [-0.25, -0.2) is 0 Å². The zero-order valence-electron chi connectivity index (χ0n) is 11.0. The molecule has 1 fully saturated rings. The molecule has 0 saturated carbocycles. The Kier molecular flexibility index (Phi) is 3.03. The van der Waals surface area contributed by atoms with Gasteiger partial charge in [-0.1, -0.05) is 25.1 Å². The summed E-state index contributed by atoms with van der Waals surface area (Å²) in [4.78, 5) is 17.5. The topological polar surface area (TPSA) is 56.3 Å². The Morgan fingerprint density at radius 2 is 2.26 bits per heavy atom. The highest BCUT2D eigenvalue weighted by molar-refractivity contribution is 5.98. The van der Waals surface area contributed by atoms with Crippen LogP contribution in [-0.2, 0) is 0 Å². The summed E-state index contributed by atoms with van der Waals surface area (Å²) in [6.45, 7) is 2.84. The Balaban J connectivity index is 1.91. The Morgan fingerprint density at radius 3 is 3.00 bits per heavy atom. The Morgan fingerprint density at radius 1 is 1.47 bits per heavy atom. The van der Waals surface area contributed by atoms with Gasteiger partial charge in [0.25, 0.3) is 5.91 Å². The summed E-state index contributed by atoms with van der Waals surface area (Å²) < 4.78 is 0. The molecule has 4 nitrogen and oxygen atoms in total. The van der Waals surface area contributed by atoms with Crippen LogP contribution in [-0.4, -0.2) is 40.1 Å². The van der Waals surface area contributed by atoms with Gasteiger partial charge >= 0.3 is 0 Å². The molecule has 1 aromatic heterocycles. The van der Waals surface area contributed by atoms with E-state index in [2.05, 4.69) is 11.9 Å². The van der Waals surface area contributed by atoms with E-state index < -0.39 is 0 Å². The van der Waals surface area contributed by atoms with Gasteiger partial charge < -0.3 is 15.0 Å². The van der Waals surface area contributed by atoms with Crippen molar-refractivity contribution < 1.29 is 9.90 Å². The molecule has 1 amide bonds. The number of carbonyl (C=O) groups is 1. The smallest absolute Gasteiger partial charge is 0.270 e. The van der Waals surface area contributed by atoms with Gasteiger partial charge in [-0.2, -0.15) is 0 Å². The normalized spacial score (nSPS) is 23.2. The predicted molar refractivity (Wildman–Crippen MR) is 74.0 cm³/mol. The fourth-order valence-corrected chi connectivity index (χ4v) is 2.88. The first kappa shape index (κ1) is 12.2. The van der Waals surface area contributed by atoms with Crippen molar-refractivity contribution >= 4 is 16.8 Å². The Bertz CT molecular complexity index is 572. The minimum atomic E-state index is -0.0566. The second kappa shape index (κ2) is 4.70. The summed E-state index contributed by atoms with van der Waals surface area (Å²) >= 11 is 0. The summed E-state index contributed by atoms with van der Waals surface area (Å²) in [6, 6.07) is 9.68. The number of likely N-dealkylation sites (tertiary alicyclic amines) is 1. The average molecular weight is 258 g/mol. The Labute approximate surface area is 112 Å². The molecule has 0 spiro atoms. The summed E-state index contributed by atoms with van der Waals surface area (Å²) in [5, 5.41) is 10.5. The molecular formula is C15H18N2O2. The molecule has 100 valence electrons. The first-order chi connectivity index (χ1) is 9.20. The minimum Gasteiger partial charge on any atom is -0.394 e. The molecule has 2 N–H and O–H groups in total. The van der Waals surface area contributed by atoms with E-state index in [1.165, 1.54) is 0 Å². The van der Waals surface area contributed by atoms with Crippen molar-refractivity contribution in [2.24, 2.45) is 5.92 Å². The number of rotatable bonds is 2. The number of aliphatic hydroxyl groups is 1. The number of nitrogens with one attached hydrogen (secondary N) is 1. The van der Waals surface area contributed by atoms with Crippen LogP contribution in [0.3, 0.4) is 0 Å². The van der Waals surface area contributed by atoms with E-state index in [0.717, 1.165) is 23.9 Å². The van der Waals surface area contributed by atoms with Crippen LogP contribution in [0.15, 0.2) is 30.3 Å². The van der Waals surface area contributed by atoms with E-state index >= 15 is 0 Å². The Hall–Kier alpha value is -1.81. The maximum Gasteiger partial charge on any atom is 0.270 e. The first-order valence-electron chi connectivity index (χ1n) is 6.70. The zero-order valence-corrected chi connectivity index (χ0v) is 11.0. The van der Waals surface area contributed by atoms with Gasteiger partial charge in [0, 0.05) is 17.4 Å². The number of aromatic nitrogens is 1. The second-order valence-electron chi connectivity index (χ2n) is 5.28. The van der Waals surface area contributed by atoms with Crippen LogP contribution >= 0.6 is 0 Å². The summed E-state index contributed by atoms with van der Waals surface area (Å²) in [7, 11) is 0. The van der Waals surface area contributed by atoms with Gasteiger partial charge in [-0.05, 0) is 24.5 Å². The highest BCUT2D eigenvalue weighted by Crippen LogP contribution is 2.26. The number of para-hydroxylation sites is 1. The number of hydrogen-bond donors (Lipinski definition) is 2. The van der Waals surface area contributed by atoms with Crippen molar-refractivity contribution in [3.63, 3.8) is 0 Å². The monoisotopic (exact) mass is 258 g/mol. The lowest BCUT2D eigenvalue weighted by atomic mass is 10.0. The number of amides is 1. The highest BCUT2D eigenvalue weighted by Gasteiger charge is 2.34. The largest absolute Gasteiger partial charge is 0.394 e. The number of aromatic amines is 1. The zero-order chi connectivity index (χ0) is 13.4. The van der Waals surface area contributed by atoms with Crippen LogP contribution in [0, 0.1) is 5.92 Å². The maximum absolute atomic E-state index is 12.5. The van der Waals surface area contributed by atoms with Gasteiger partial charge in [0.15, 0.2) is 0 Å². The molecule has 2 atom stereocenters. The quantitative estimate of drug-likeness (QED) is 0.865. The fraction of sp³-hybridized carbons (Fsp3) is 0.400. The molecule has 2 heterocycles. The van der Waals surface area contributed by atoms with E-state index in [1.54, 1.807) is 4.90 Å². The predicted octanol–water partition coefficient (Wildman–Crippen LogP) is 2.01. The molecule has 1 saturated heterocycles. The number of aliphatic hydroxyl groups excluding tert-OH is 1. The van der Waals surface area contributed by atoms with E-state index in [9.17, 15) is 9.90 Å². The molecule has 19 heavy (non-hydrogen) atoms. The van der Waals surface area contributed by atoms with Crippen LogP contribution in [0.4, 0.5) is 0 Å². The molecule has 0 bridgehead atoms. The summed E-state index contributed by atoms with van der Waals surface area (Å²) in [5.41, 5.74) is 1.58. The third-order valence-electron chi connectivity index (χ3n) is 4.09. The SMILES string of the molecule is CC1CCN(C(=O)c2cc3ccccc3[nH]2)C1CO. The number of nitrogens with zero attached hydrogens (tertiary/aromatic N) is 1. The number of carbonyl (C=O) groups excluding carboxylic acids is 1. The molecule has 0 radical (unpaired) electrons. The number of H-pyrrole nitrogens is 1. The summed E-state index contributed by atoms with van der Waals surface area (Å²) in [5.74, 6) is 0.345. The van der Waals surface area contributed by atoms with Gasteiger partial charge in [0.05, 0.1) is 12.6 Å². The summed E-state index contributed by atoms with van der Waals surface area (Å²) in [6.07, 6.45) is 0.956. The van der Waals surface area contributed by atoms with E-state index in [-0.39, 0.29) is 18.6 Å². The molecule has 1 aliphatic heterocycles. The number of benzene rings is 1. The third kappa shape index (κ3) is 2.02. The van der Waals surface area contributed by atoms with Crippen LogP contribution in [0.25, 0.3) is 10.9 Å². The van der Waals surface area contributed by atoms with E-state index in [1.807, 2.05) is 30.3 Å². The third-order valence-corrected chi connectivity index (χ3v) is 4.09. The second-order valence-corrected chi connectivity index (χ2v) is 5.28. The van der Waals surface area contributed by atoms with Crippen molar-refractivity contribution in [3.8, 4) is 0 Å². The lowest BCUT2D eigenvalue weighted by Crippen LogP contribution is -2.39. The highest BCUT2D eigenvalue weighted by atomic mass is 16.3. The van der Waals surface area contributed by atoms with Crippen LogP contribution in [0.5, 0.6) is 0 Å². The van der Waals surface area contributed by atoms with Crippen molar-refractivity contribution in [2.75, 3.05) is 13.2 Å². The molecule has 3 rings (SSSR count). The number of hydrogen-bond acceptors (Lipinski definition) is 2. The molecule has 1 aliphatic rings. The van der Waals surface area contributed by atoms with Crippen LogP contribution in [0.2, 0.25) is 0 Å². The first-order valence-corrected chi connectivity index (χ1v) is 6.70. The maximum atomic E-state index is 12.5. The lowest BCUT2D eigenvalue weighted by molar-refractivity contribution is 0.0643. The lowest BCUT2D eigenvalue weighted by Gasteiger charge is -2.24. The fourth-order valence-electron chi connectivity index (χ4n) is 2.88. The van der Waals surface area contributed by atoms with Crippen molar-refractivity contribution in [2.45, 2.75) is 19.4 Å². The molecular weight excluding hydrogens is 240 g/mol. The molecule has 4 heteroatoms. The van der Waals surface area contributed by atoms with Gasteiger partial charge in [0.1, 0.15) is 5.69 Å². The van der Waals surface area contributed by atoms with Gasteiger partial charge in [-0.15, -0.1) is 0 Å². The number of fused-ring (bicyclic) bond motifs is 1. The van der Waals surface area contributed by atoms with Crippen molar-refractivity contribution in [3.05, 3.63) is 36.0 Å². The van der Waals surface area contributed by atoms with Gasteiger partial charge in [0.2, 0.25) is 0 Å². The van der Waals surface area contributed by atoms with Crippen LogP contribution in [0.1, 0.15) is 23.8 Å². The van der Waals surface area contributed by atoms with E-state index in [4.69, 9.17) is 0 Å². The van der Waals surface area contributed by atoms with E-state index in [0.29, 0.717) is 11.6 Å².